The first-order valence-corrected chi connectivity index (χ1v) is 10.1. The lowest BCUT2D eigenvalue weighted by Gasteiger charge is -2.09. The summed E-state index contributed by atoms with van der Waals surface area (Å²) in [4.78, 5) is 12.3. The predicted octanol–water partition coefficient (Wildman–Crippen LogP) is 5.05. The maximum absolute atomic E-state index is 12.3. The molecule has 1 aromatic heterocycles. The lowest BCUT2D eigenvalue weighted by Crippen LogP contribution is -2.14. The van der Waals surface area contributed by atoms with Crippen LogP contribution in [0.4, 0.5) is 5.69 Å². The van der Waals surface area contributed by atoms with Gasteiger partial charge in [-0.15, -0.1) is 10.2 Å². The SMILES string of the molecule is CCCn1c(SCC(=O)Nc2cccc(C)c2)nnc1-c1ccc(Cl)cc1. The van der Waals surface area contributed by atoms with E-state index < -0.39 is 0 Å². The van der Waals surface area contributed by atoms with Crippen molar-refractivity contribution in [2.45, 2.75) is 32.0 Å². The molecular formula is C20H21ClN4OS. The van der Waals surface area contributed by atoms with Gasteiger partial charge >= 0.3 is 0 Å². The van der Waals surface area contributed by atoms with Crippen LogP contribution in [0, 0.1) is 6.92 Å². The van der Waals surface area contributed by atoms with Gasteiger partial charge in [-0.1, -0.05) is 42.4 Å². The van der Waals surface area contributed by atoms with Crippen LogP contribution >= 0.6 is 23.4 Å². The zero-order valence-electron chi connectivity index (χ0n) is 15.3. The molecule has 3 rings (SSSR count). The molecule has 7 heteroatoms. The van der Waals surface area contributed by atoms with Crippen LogP contribution in [0.1, 0.15) is 18.9 Å². The first-order chi connectivity index (χ1) is 13.1. The second-order valence-corrected chi connectivity index (χ2v) is 7.55. The van der Waals surface area contributed by atoms with Crippen molar-refractivity contribution in [3.05, 3.63) is 59.1 Å². The van der Waals surface area contributed by atoms with Crippen LogP contribution in [0.5, 0.6) is 0 Å². The van der Waals surface area contributed by atoms with E-state index in [0.717, 1.165) is 40.8 Å². The average Bonchev–Trinajstić information content (AvgIpc) is 3.04. The molecule has 27 heavy (non-hydrogen) atoms. The number of halogens is 1. The number of amides is 1. The van der Waals surface area contributed by atoms with Crippen molar-refractivity contribution in [2.24, 2.45) is 0 Å². The summed E-state index contributed by atoms with van der Waals surface area (Å²) in [6.45, 7) is 4.88. The van der Waals surface area contributed by atoms with Gasteiger partial charge in [-0.2, -0.15) is 0 Å². The van der Waals surface area contributed by atoms with Crippen molar-refractivity contribution in [1.82, 2.24) is 14.8 Å². The molecule has 0 aliphatic carbocycles. The molecule has 0 unspecified atom stereocenters. The number of nitrogens with one attached hydrogen (secondary N) is 1. The number of carbonyl (C=O) groups excluding carboxylic acids is 1. The van der Waals surface area contributed by atoms with Crippen molar-refractivity contribution in [3.63, 3.8) is 0 Å². The number of anilines is 1. The molecule has 0 saturated heterocycles. The van der Waals surface area contributed by atoms with Crippen molar-refractivity contribution >= 4 is 35.0 Å². The predicted molar refractivity (Wildman–Crippen MR) is 111 cm³/mol. The second-order valence-electron chi connectivity index (χ2n) is 6.17. The van der Waals surface area contributed by atoms with Crippen LogP contribution in [0.15, 0.2) is 53.7 Å². The van der Waals surface area contributed by atoms with Gasteiger partial charge in [-0.05, 0) is 55.3 Å². The summed E-state index contributed by atoms with van der Waals surface area (Å²) in [6, 6.07) is 15.3. The van der Waals surface area contributed by atoms with Crippen LogP contribution in [0.25, 0.3) is 11.4 Å². The second kappa shape index (κ2) is 9.06. The number of rotatable bonds is 7. The highest BCUT2D eigenvalue weighted by atomic mass is 35.5. The van der Waals surface area contributed by atoms with Gasteiger partial charge in [0.15, 0.2) is 11.0 Å². The summed E-state index contributed by atoms with van der Waals surface area (Å²) in [5.41, 5.74) is 2.87. The minimum absolute atomic E-state index is 0.0651. The number of hydrogen-bond acceptors (Lipinski definition) is 4. The molecule has 2 aromatic carbocycles. The zero-order chi connectivity index (χ0) is 19.2. The van der Waals surface area contributed by atoms with E-state index in [2.05, 4.69) is 22.4 Å². The third-order valence-electron chi connectivity index (χ3n) is 3.90. The smallest absolute Gasteiger partial charge is 0.234 e. The first-order valence-electron chi connectivity index (χ1n) is 8.75. The third kappa shape index (κ3) is 5.11. The maximum Gasteiger partial charge on any atom is 0.234 e. The molecule has 1 heterocycles. The number of aromatic nitrogens is 3. The molecule has 1 amide bonds. The van der Waals surface area contributed by atoms with Gasteiger partial charge in [-0.25, -0.2) is 0 Å². The van der Waals surface area contributed by atoms with E-state index in [9.17, 15) is 4.79 Å². The van der Waals surface area contributed by atoms with Crippen LogP contribution in [0.3, 0.4) is 0 Å². The van der Waals surface area contributed by atoms with Crippen LogP contribution in [-0.4, -0.2) is 26.4 Å². The summed E-state index contributed by atoms with van der Waals surface area (Å²) in [6.07, 6.45) is 0.946. The molecule has 0 aliphatic heterocycles. The van der Waals surface area contributed by atoms with Gasteiger partial charge in [-0.3, -0.25) is 4.79 Å². The van der Waals surface area contributed by atoms with Crippen molar-refractivity contribution in [2.75, 3.05) is 11.1 Å². The summed E-state index contributed by atoms with van der Waals surface area (Å²) in [5, 5.41) is 13.0. The average molecular weight is 401 g/mol. The van der Waals surface area contributed by atoms with E-state index in [4.69, 9.17) is 11.6 Å². The maximum atomic E-state index is 12.3. The molecule has 0 saturated carbocycles. The van der Waals surface area contributed by atoms with E-state index >= 15 is 0 Å². The van der Waals surface area contributed by atoms with E-state index in [0.29, 0.717) is 5.02 Å². The minimum atomic E-state index is -0.0651. The van der Waals surface area contributed by atoms with Crippen LogP contribution < -0.4 is 5.32 Å². The number of hydrogen-bond donors (Lipinski definition) is 1. The van der Waals surface area contributed by atoms with Crippen molar-refractivity contribution < 1.29 is 4.79 Å². The Morgan fingerprint density at radius 3 is 2.67 bits per heavy atom. The molecule has 0 bridgehead atoms. The number of aryl methyl sites for hydroxylation is 1. The lowest BCUT2D eigenvalue weighted by molar-refractivity contribution is -0.113. The fraction of sp³-hybridized carbons (Fsp3) is 0.250. The Hall–Kier alpha value is -2.31. The Morgan fingerprint density at radius 1 is 1.19 bits per heavy atom. The number of carbonyl (C=O) groups is 1. The number of nitrogens with zero attached hydrogens (tertiary/aromatic N) is 3. The Bertz CT molecular complexity index is 924. The summed E-state index contributed by atoms with van der Waals surface area (Å²) >= 11 is 7.36. The molecule has 140 valence electrons. The van der Waals surface area contributed by atoms with E-state index in [-0.39, 0.29) is 11.7 Å². The Kier molecular flexibility index (Phi) is 6.53. The zero-order valence-corrected chi connectivity index (χ0v) is 16.8. The molecular weight excluding hydrogens is 380 g/mol. The monoisotopic (exact) mass is 400 g/mol. The van der Waals surface area contributed by atoms with Crippen LogP contribution in [-0.2, 0) is 11.3 Å². The van der Waals surface area contributed by atoms with Gasteiger partial charge in [0.25, 0.3) is 0 Å². The van der Waals surface area contributed by atoms with Gasteiger partial charge in [0.2, 0.25) is 5.91 Å². The van der Waals surface area contributed by atoms with Gasteiger partial charge in [0, 0.05) is 22.8 Å². The Labute approximate surface area is 168 Å². The van der Waals surface area contributed by atoms with Gasteiger partial charge in [0.1, 0.15) is 0 Å². The molecule has 0 atom stereocenters. The first kappa shape index (κ1) is 19.5. The van der Waals surface area contributed by atoms with E-state index in [1.165, 1.54) is 11.8 Å². The van der Waals surface area contributed by atoms with E-state index in [1.54, 1.807) is 0 Å². The summed E-state index contributed by atoms with van der Waals surface area (Å²) in [7, 11) is 0. The number of benzene rings is 2. The Morgan fingerprint density at radius 2 is 1.96 bits per heavy atom. The highest BCUT2D eigenvalue weighted by molar-refractivity contribution is 7.99. The van der Waals surface area contributed by atoms with E-state index in [1.807, 2.05) is 60.0 Å². The molecule has 0 fully saturated rings. The quantitative estimate of drug-likeness (QED) is 0.564. The molecule has 3 aromatic rings. The van der Waals surface area contributed by atoms with Crippen molar-refractivity contribution in [1.29, 1.82) is 0 Å². The molecule has 0 spiro atoms. The summed E-state index contributed by atoms with van der Waals surface area (Å²) in [5.74, 6) is 0.996. The molecule has 1 N–H and O–H groups in total. The molecule has 5 nitrogen and oxygen atoms in total. The fourth-order valence-electron chi connectivity index (χ4n) is 2.68. The standard InChI is InChI=1S/C20H21ClN4OS/c1-3-11-25-19(15-7-9-16(21)10-8-15)23-24-20(25)27-13-18(26)22-17-6-4-5-14(2)12-17/h4-10,12H,3,11,13H2,1-2H3,(H,22,26). The minimum Gasteiger partial charge on any atom is -0.325 e. The topological polar surface area (TPSA) is 59.8 Å². The van der Waals surface area contributed by atoms with Crippen molar-refractivity contribution in [3.8, 4) is 11.4 Å². The molecule has 0 aliphatic rings. The largest absolute Gasteiger partial charge is 0.325 e. The number of thioether (sulfide) groups is 1. The normalized spacial score (nSPS) is 10.8. The van der Waals surface area contributed by atoms with Gasteiger partial charge < -0.3 is 9.88 Å². The highest BCUT2D eigenvalue weighted by Crippen LogP contribution is 2.25. The lowest BCUT2D eigenvalue weighted by atomic mass is 10.2. The fourth-order valence-corrected chi connectivity index (χ4v) is 3.57. The van der Waals surface area contributed by atoms with Crippen LogP contribution in [0.2, 0.25) is 5.02 Å². The Balaban J connectivity index is 1.71. The van der Waals surface area contributed by atoms with Gasteiger partial charge in [0.05, 0.1) is 5.75 Å². The summed E-state index contributed by atoms with van der Waals surface area (Å²) < 4.78 is 2.05. The highest BCUT2D eigenvalue weighted by Gasteiger charge is 2.15. The molecule has 0 radical (unpaired) electrons. The third-order valence-corrected chi connectivity index (χ3v) is 5.12.